The minimum absolute atomic E-state index is 0.0661. The van der Waals surface area contributed by atoms with E-state index in [0.29, 0.717) is 5.92 Å². The Morgan fingerprint density at radius 3 is 2.50 bits per heavy atom. The largest absolute Gasteiger partial charge is 0.365 e. The van der Waals surface area contributed by atoms with Crippen molar-refractivity contribution in [2.24, 2.45) is 0 Å². The maximum atomic E-state index is 4.52. The zero-order valence-corrected chi connectivity index (χ0v) is 11.6. The molecule has 0 fully saturated rings. The molecule has 0 aliphatic carbocycles. The number of hydrogen-bond donors (Lipinski definition) is 1. The second-order valence-corrected chi connectivity index (χ2v) is 5.87. The van der Waals surface area contributed by atoms with Crippen molar-refractivity contribution < 1.29 is 0 Å². The summed E-state index contributed by atoms with van der Waals surface area (Å²) < 4.78 is 0. The van der Waals surface area contributed by atoms with Crippen molar-refractivity contribution in [1.29, 1.82) is 0 Å². The molecule has 0 radical (unpaired) electrons. The summed E-state index contributed by atoms with van der Waals surface area (Å²) in [5.74, 6) is 0.440. The van der Waals surface area contributed by atoms with Gasteiger partial charge in [-0.15, -0.1) is 0 Å². The van der Waals surface area contributed by atoms with Gasteiger partial charge in [0.25, 0.3) is 0 Å². The van der Waals surface area contributed by atoms with E-state index >= 15 is 0 Å². The Bertz CT molecular complexity index is 477. The molecule has 2 heterocycles. The van der Waals surface area contributed by atoms with Crippen molar-refractivity contribution in [3.8, 4) is 0 Å². The van der Waals surface area contributed by atoms with Gasteiger partial charge in [-0.3, -0.25) is 9.97 Å². The number of rotatable bonds is 3. The molecule has 0 aliphatic heterocycles. The van der Waals surface area contributed by atoms with Gasteiger partial charge in [0.15, 0.2) is 0 Å². The van der Waals surface area contributed by atoms with Crippen LogP contribution < -0.4 is 0 Å². The molecule has 0 bridgehead atoms. The molecule has 2 rings (SSSR count). The summed E-state index contributed by atoms with van der Waals surface area (Å²) in [5, 5.41) is 0. The third kappa shape index (κ3) is 2.97. The summed E-state index contributed by atoms with van der Waals surface area (Å²) in [6.45, 7) is 8.65. The van der Waals surface area contributed by atoms with Gasteiger partial charge in [-0.1, -0.05) is 27.7 Å². The molecule has 0 saturated heterocycles. The van der Waals surface area contributed by atoms with Crippen LogP contribution in [0.5, 0.6) is 0 Å². The van der Waals surface area contributed by atoms with Gasteiger partial charge in [0.1, 0.15) is 0 Å². The number of hydrogen-bond acceptors (Lipinski definition) is 2. The molecule has 1 N–H and O–H groups in total. The van der Waals surface area contributed by atoms with Crippen LogP contribution in [-0.4, -0.2) is 15.0 Å². The molecule has 2 aromatic rings. The van der Waals surface area contributed by atoms with Gasteiger partial charge in [-0.25, -0.2) is 0 Å². The van der Waals surface area contributed by atoms with E-state index in [1.165, 1.54) is 5.69 Å². The van der Waals surface area contributed by atoms with Crippen molar-refractivity contribution in [3.63, 3.8) is 0 Å². The predicted molar refractivity (Wildman–Crippen MR) is 73.6 cm³/mol. The molecule has 3 heteroatoms. The molecule has 96 valence electrons. The minimum atomic E-state index is 0.0661. The lowest BCUT2D eigenvalue weighted by Crippen LogP contribution is -2.14. The quantitative estimate of drug-likeness (QED) is 0.897. The second-order valence-electron chi connectivity index (χ2n) is 5.87. The highest BCUT2D eigenvalue weighted by Gasteiger charge is 2.16. The Morgan fingerprint density at radius 1 is 1.22 bits per heavy atom. The fourth-order valence-electron chi connectivity index (χ4n) is 1.92. The van der Waals surface area contributed by atoms with Gasteiger partial charge < -0.3 is 4.98 Å². The summed E-state index contributed by atoms with van der Waals surface area (Å²) in [7, 11) is 0. The average Bonchev–Trinajstić information content (AvgIpc) is 2.82. The summed E-state index contributed by atoms with van der Waals surface area (Å²) >= 11 is 0. The molecule has 3 nitrogen and oxygen atoms in total. The second kappa shape index (κ2) is 4.92. The molecule has 1 atom stereocenters. The Hall–Kier alpha value is -1.64. The van der Waals surface area contributed by atoms with Crippen molar-refractivity contribution in [1.82, 2.24) is 15.0 Å². The van der Waals surface area contributed by atoms with Gasteiger partial charge in [-0.2, -0.15) is 0 Å². The first kappa shape index (κ1) is 12.8. The predicted octanol–water partition coefficient (Wildman–Crippen LogP) is 3.45. The lowest BCUT2D eigenvalue weighted by atomic mass is 9.92. The monoisotopic (exact) mass is 243 g/mol. The SMILES string of the molecule is CC(Cc1cnc(C(C)(C)C)cn1)c1ccc[nH]1. The van der Waals surface area contributed by atoms with E-state index in [1.54, 1.807) is 0 Å². The summed E-state index contributed by atoms with van der Waals surface area (Å²) in [6.07, 6.45) is 6.68. The molecular formula is C15H21N3. The average molecular weight is 243 g/mol. The van der Waals surface area contributed by atoms with Crippen LogP contribution in [-0.2, 0) is 11.8 Å². The maximum absolute atomic E-state index is 4.52. The molecule has 0 aliphatic rings. The van der Waals surface area contributed by atoms with Crippen LogP contribution >= 0.6 is 0 Å². The fourth-order valence-corrected chi connectivity index (χ4v) is 1.92. The Kier molecular flexibility index (Phi) is 3.50. The number of aromatic nitrogens is 3. The van der Waals surface area contributed by atoms with Crippen LogP contribution in [0.2, 0.25) is 0 Å². The minimum Gasteiger partial charge on any atom is -0.365 e. The van der Waals surface area contributed by atoms with Gasteiger partial charge in [0, 0.05) is 35.6 Å². The number of H-pyrrole nitrogens is 1. The van der Waals surface area contributed by atoms with E-state index < -0.39 is 0 Å². The van der Waals surface area contributed by atoms with Gasteiger partial charge >= 0.3 is 0 Å². The Balaban J connectivity index is 2.07. The highest BCUT2D eigenvalue weighted by atomic mass is 14.8. The molecule has 1 unspecified atom stereocenters. The maximum Gasteiger partial charge on any atom is 0.0640 e. The van der Waals surface area contributed by atoms with Crippen molar-refractivity contribution >= 4 is 0 Å². The van der Waals surface area contributed by atoms with E-state index in [0.717, 1.165) is 17.8 Å². The summed E-state index contributed by atoms with van der Waals surface area (Å²) in [5.41, 5.74) is 3.40. The number of nitrogens with zero attached hydrogens (tertiary/aromatic N) is 2. The molecule has 18 heavy (non-hydrogen) atoms. The Morgan fingerprint density at radius 2 is 2.00 bits per heavy atom. The van der Waals surface area contributed by atoms with Crippen LogP contribution in [0, 0.1) is 0 Å². The fraction of sp³-hybridized carbons (Fsp3) is 0.467. The molecular weight excluding hydrogens is 222 g/mol. The highest BCUT2D eigenvalue weighted by Crippen LogP contribution is 2.20. The van der Waals surface area contributed by atoms with E-state index in [-0.39, 0.29) is 5.41 Å². The lowest BCUT2D eigenvalue weighted by Gasteiger charge is -2.17. The van der Waals surface area contributed by atoms with Crippen molar-refractivity contribution in [2.45, 2.75) is 45.4 Å². The van der Waals surface area contributed by atoms with Gasteiger partial charge in [-0.05, 0) is 18.6 Å². The molecule has 0 aromatic carbocycles. The first-order valence-electron chi connectivity index (χ1n) is 6.41. The zero-order valence-electron chi connectivity index (χ0n) is 11.6. The van der Waals surface area contributed by atoms with E-state index in [1.807, 2.05) is 24.7 Å². The molecule has 0 spiro atoms. The standard InChI is InChI=1S/C15H21N3/c1-11(13-6-5-7-16-13)8-12-9-18-14(10-17-12)15(2,3)4/h5-7,9-11,16H,8H2,1-4H3. The van der Waals surface area contributed by atoms with Crippen LogP contribution in [0.1, 0.15) is 50.7 Å². The van der Waals surface area contributed by atoms with E-state index in [4.69, 9.17) is 0 Å². The van der Waals surface area contributed by atoms with Gasteiger partial charge in [0.2, 0.25) is 0 Å². The van der Waals surface area contributed by atoms with E-state index in [2.05, 4.69) is 48.7 Å². The van der Waals surface area contributed by atoms with Crippen molar-refractivity contribution in [2.75, 3.05) is 0 Å². The third-order valence-electron chi connectivity index (χ3n) is 3.14. The summed E-state index contributed by atoms with van der Waals surface area (Å²) in [4.78, 5) is 12.3. The number of aromatic amines is 1. The normalized spacial score (nSPS) is 13.6. The highest BCUT2D eigenvalue weighted by molar-refractivity contribution is 5.15. The number of nitrogens with one attached hydrogen (secondary N) is 1. The smallest absolute Gasteiger partial charge is 0.0640 e. The summed E-state index contributed by atoms with van der Waals surface area (Å²) in [6, 6.07) is 4.14. The molecule has 2 aromatic heterocycles. The first-order valence-corrected chi connectivity index (χ1v) is 6.41. The first-order chi connectivity index (χ1) is 8.47. The molecule has 0 saturated carbocycles. The van der Waals surface area contributed by atoms with Crippen molar-refractivity contribution in [3.05, 3.63) is 47.8 Å². The lowest BCUT2D eigenvalue weighted by molar-refractivity contribution is 0.562. The molecule has 0 amide bonds. The van der Waals surface area contributed by atoms with Gasteiger partial charge in [0.05, 0.1) is 11.4 Å². The van der Waals surface area contributed by atoms with Crippen LogP contribution in [0.25, 0.3) is 0 Å². The third-order valence-corrected chi connectivity index (χ3v) is 3.14. The zero-order chi connectivity index (χ0) is 13.2. The van der Waals surface area contributed by atoms with Crippen LogP contribution in [0.3, 0.4) is 0 Å². The Labute approximate surface area is 109 Å². The van der Waals surface area contributed by atoms with Crippen LogP contribution in [0.4, 0.5) is 0 Å². The topological polar surface area (TPSA) is 41.6 Å². The van der Waals surface area contributed by atoms with Crippen LogP contribution in [0.15, 0.2) is 30.7 Å². The van der Waals surface area contributed by atoms with E-state index in [9.17, 15) is 0 Å².